The van der Waals surface area contributed by atoms with Crippen LogP contribution in [-0.4, -0.2) is 24.4 Å². The Hall–Kier alpha value is -2.63. The summed E-state index contributed by atoms with van der Waals surface area (Å²) in [6.45, 7) is 1.19. The van der Waals surface area contributed by atoms with E-state index in [1.807, 2.05) is 0 Å². The van der Waals surface area contributed by atoms with Crippen LogP contribution in [0.2, 0.25) is 0 Å². The van der Waals surface area contributed by atoms with Gasteiger partial charge in [-0.1, -0.05) is 24.3 Å². The van der Waals surface area contributed by atoms with Gasteiger partial charge in [-0.2, -0.15) is 0 Å². The largest absolute Gasteiger partial charge is 0.452 e. The van der Waals surface area contributed by atoms with Crippen LogP contribution in [0.5, 0.6) is 0 Å². The minimum Gasteiger partial charge on any atom is -0.452 e. The normalized spacial score (nSPS) is 9.95. The molecule has 0 heterocycles. The molecular formula is C13H14N2O4. The lowest BCUT2D eigenvalue weighted by Gasteiger charge is -2.07. The Labute approximate surface area is 110 Å². The number of nitrogens with one attached hydrogen (secondary N) is 2. The smallest absolute Gasteiger partial charge is 0.330 e. The van der Waals surface area contributed by atoms with E-state index in [1.165, 1.54) is 12.2 Å². The summed E-state index contributed by atoms with van der Waals surface area (Å²) in [6, 6.07) is 8.39. The molecule has 0 atom stereocenters. The molecule has 0 fully saturated rings. The maximum absolute atomic E-state index is 11.5. The van der Waals surface area contributed by atoms with Crippen molar-refractivity contribution in [3.8, 4) is 0 Å². The average molecular weight is 262 g/mol. The lowest BCUT2D eigenvalue weighted by molar-refractivity contribution is -0.144. The molecule has 1 aromatic rings. The molecule has 0 radical (unpaired) electrons. The highest BCUT2D eigenvalue weighted by Gasteiger charge is 2.07. The molecule has 0 aliphatic carbocycles. The Morgan fingerprint density at radius 3 is 2.47 bits per heavy atom. The lowest BCUT2D eigenvalue weighted by atomic mass is 10.2. The molecule has 0 bridgehead atoms. The number of carbonyl (C=O) groups excluding carboxylic acids is 3. The third-order valence-electron chi connectivity index (χ3n) is 2.00. The second-order valence-corrected chi connectivity index (χ2v) is 3.48. The van der Waals surface area contributed by atoms with Gasteiger partial charge in [0.1, 0.15) is 0 Å². The molecule has 0 spiro atoms. The monoisotopic (exact) mass is 262 g/mol. The van der Waals surface area contributed by atoms with Gasteiger partial charge in [0.2, 0.25) is 0 Å². The summed E-state index contributed by atoms with van der Waals surface area (Å²) in [7, 11) is 0. The van der Waals surface area contributed by atoms with Crippen LogP contribution in [0.1, 0.15) is 17.3 Å². The molecule has 19 heavy (non-hydrogen) atoms. The van der Waals surface area contributed by atoms with E-state index < -0.39 is 24.4 Å². The van der Waals surface area contributed by atoms with E-state index in [0.717, 1.165) is 0 Å². The maximum Gasteiger partial charge on any atom is 0.330 e. The molecule has 6 heteroatoms. The van der Waals surface area contributed by atoms with Crippen molar-refractivity contribution < 1.29 is 19.1 Å². The number of amides is 2. The van der Waals surface area contributed by atoms with E-state index in [2.05, 4.69) is 15.6 Å². The molecule has 2 amide bonds. The molecule has 2 N–H and O–H groups in total. The number of allylic oxidation sites excluding steroid dienone is 1. The van der Waals surface area contributed by atoms with Crippen LogP contribution < -0.4 is 10.9 Å². The SMILES string of the molecule is C/C=C/C(=O)OCC(=O)NNC(=O)c1ccccc1. The number of hydrogen-bond donors (Lipinski definition) is 2. The summed E-state index contributed by atoms with van der Waals surface area (Å²) in [5.74, 6) is -1.69. The van der Waals surface area contributed by atoms with Gasteiger partial charge in [-0.3, -0.25) is 20.4 Å². The van der Waals surface area contributed by atoms with Gasteiger partial charge in [0.05, 0.1) is 0 Å². The van der Waals surface area contributed by atoms with Crippen molar-refractivity contribution in [1.29, 1.82) is 0 Å². The molecule has 0 aliphatic heterocycles. The average Bonchev–Trinajstić information content (AvgIpc) is 2.44. The van der Waals surface area contributed by atoms with Gasteiger partial charge in [-0.25, -0.2) is 4.79 Å². The minimum absolute atomic E-state index is 0.411. The molecule has 0 saturated heterocycles. The first-order valence-electron chi connectivity index (χ1n) is 5.57. The maximum atomic E-state index is 11.5. The van der Waals surface area contributed by atoms with Gasteiger partial charge in [-0.05, 0) is 19.1 Å². The number of hydrazine groups is 1. The number of carbonyl (C=O) groups is 3. The predicted molar refractivity (Wildman–Crippen MR) is 67.8 cm³/mol. The van der Waals surface area contributed by atoms with Crippen molar-refractivity contribution in [2.24, 2.45) is 0 Å². The Morgan fingerprint density at radius 2 is 1.84 bits per heavy atom. The van der Waals surface area contributed by atoms with E-state index in [4.69, 9.17) is 0 Å². The van der Waals surface area contributed by atoms with Gasteiger partial charge in [0.15, 0.2) is 6.61 Å². The Morgan fingerprint density at radius 1 is 1.16 bits per heavy atom. The van der Waals surface area contributed by atoms with Crippen molar-refractivity contribution in [2.75, 3.05) is 6.61 Å². The zero-order valence-corrected chi connectivity index (χ0v) is 10.4. The van der Waals surface area contributed by atoms with Crippen LogP contribution in [0.15, 0.2) is 42.5 Å². The predicted octanol–water partition coefficient (Wildman–Crippen LogP) is 0.567. The van der Waals surface area contributed by atoms with Crippen LogP contribution in [0, 0.1) is 0 Å². The highest BCUT2D eigenvalue weighted by Crippen LogP contribution is 1.96. The lowest BCUT2D eigenvalue weighted by Crippen LogP contribution is -2.43. The molecule has 100 valence electrons. The van der Waals surface area contributed by atoms with Crippen molar-refractivity contribution in [1.82, 2.24) is 10.9 Å². The summed E-state index contributed by atoms with van der Waals surface area (Å²) < 4.78 is 4.59. The van der Waals surface area contributed by atoms with Crippen LogP contribution in [0.3, 0.4) is 0 Å². The highest BCUT2D eigenvalue weighted by molar-refractivity contribution is 5.95. The highest BCUT2D eigenvalue weighted by atomic mass is 16.5. The minimum atomic E-state index is -0.623. The zero-order valence-electron chi connectivity index (χ0n) is 10.4. The zero-order chi connectivity index (χ0) is 14.1. The molecule has 0 aliphatic rings. The molecule has 0 unspecified atom stereocenters. The van der Waals surface area contributed by atoms with Crippen molar-refractivity contribution >= 4 is 17.8 Å². The quantitative estimate of drug-likeness (QED) is 0.472. The van der Waals surface area contributed by atoms with E-state index >= 15 is 0 Å². The Bertz CT molecular complexity index is 483. The third-order valence-corrected chi connectivity index (χ3v) is 2.00. The first-order chi connectivity index (χ1) is 9.13. The number of esters is 1. The Balaban J connectivity index is 2.31. The summed E-state index contributed by atoms with van der Waals surface area (Å²) in [5, 5.41) is 0. The first-order valence-corrected chi connectivity index (χ1v) is 5.57. The molecule has 0 aromatic heterocycles. The molecule has 1 aromatic carbocycles. The number of rotatable bonds is 4. The number of ether oxygens (including phenoxy) is 1. The standard InChI is InChI=1S/C13H14N2O4/c1-2-6-12(17)19-9-11(16)14-15-13(18)10-7-4-3-5-8-10/h2-8H,9H2,1H3,(H,14,16)(H,15,18)/b6-2+. The molecule has 6 nitrogen and oxygen atoms in total. The van der Waals surface area contributed by atoms with Gasteiger partial charge in [0, 0.05) is 11.6 Å². The summed E-state index contributed by atoms with van der Waals surface area (Å²) >= 11 is 0. The van der Waals surface area contributed by atoms with Gasteiger partial charge in [-0.15, -0.1) is 0 Å². The first kappa shape index (κ1) is 14.4. The van der Waals surface area contributed by atoms with E-state index in [1.54, 1.807) is 37.3 Å². The second-order valence-electron chi connectivity index (χ2n) is 3.48. The van der Waals surface area contributed by atoms with Crippen LogP contribution in [0.4, 0.5) is 0 Å². The van der Waals surface area contributed by atoms with E-state index in [9.17, 15) is 14.4 Å². The van der Waals surface area contributed by atoms with Crippen molar-refractivity contribution in [2.45, 2.75) is 6.92 Å². The van der Waals surface area contributed by atoms with Crippen LogP contribution in [-0.2, 0) is 14.3 Å². The fourth-order valence-electron chi connectivity index (χ4n) is 1.15. The topological polar surface area (TPSA) is 84.5 Å². The fourth-order valence-corrected chi connectivity index (χ4v) is 1.15. The molecule has 0 saturated carbocycles. The van der Waals surface area contributed by atoms with Crippen molar-refractivity contribution in [3.63, 3.8) is 0 Å². The van der Waals surface area contributed by atoms with E-state index in [0.29, 0.717) is 5.56 Å². The van der Waals surface area contributed by atoms with Crippen LogP contribution >= 0.6 is 0 Å². The number of hydrogen-bond acceptors (Lipinski definition) is 4. The molecule has 1 rings (SSSR count). The van der Waals surface area contributed by atoms with Gasteiger partial charge >= 0.3 is 5.97 Å². The van der Waals surface area contributed by atoms with Gasteiger partial charge < -0.3 is 4.74 Å². The summed E-state index contributed by atoms with van der Waals surface area (Å²) in [6.07, 6.45) is 2.69. The Kier molecular flexibility index (Phi) is 5.81. The van der Waals surface area contributed by atoms with Crippen molar-refractivity contribution in [3.05, 3.63) is 48.0 Å². The summed E-state index contributed by atoms with van der Waals surface area (Å²) in [5.41, 5.74) is 4.76. The summed E-state index contributed by atoms with van der Waals surface area (Å²) in [4.78, 5) is 33.7. The molecular weight excluding hydrogens is 248 g/mol. The third kappa shape index (κ3) is 5.49. The number of benzene rings is 1. The fraction of sp³-hybridized carbons (Fsp3) is 0.154. The second kappa shape index (κ2) is 7.65. The van der Waals surface area contributed by atoms with Crippen LogP contribution in [0.25, 0.3) is 0 Å². The van der Waals surface area contributed by atoms with E-state index in [-0.39, 0.29) is 0 Å². The van der Waals surface area contributed by atoms with Gasteiger partial charge in [0.25, 0.3) is 11.8 Å².